The molecule has 5 heteroatoms. The summed E-state index contributed by atoms with van der Waals surface area (Å²) < 4.78 is 0. The molecule has 0 saturated carbocycles. The predicted octanol–water partition coefficient (Wildman–Crippen LogP) is 2.36. The average Bonchev–Trinajstić information content (AvgIpc) is 2.43. The van der Waals surface area contributed by atoms with Crippen LogP contribution in [0, 0.1) is 0 Å². The Balaban J connectivity index is 2.56. The Morgan fingerprint density at radius 2 is 1.95 bits per heavy atom. The van der Waals surface area contributed by atoms with Gasteiger partial charge >= 0.3 is 0 Å². The lowest BCUT2D eigenvalue weighted by Crippen LogP contribution is -2.40. The number of carbonyl (C=O) groups is 1. The van der Waals surface area contributed by atoms with Gasteiger partial charge in [-0.05, 0) is 46.8 Å². The zero-order chi connectivity index (χ0) is 15.8. The van der Waals surface area contributed by atoms with E-state index in [-0.39, 0.29) is 5.91 Å². The van der Waals surface area contributed by atoms with Crippen molar-refractivity contribution in [2.45, 2.75) is 46.7 Å². The number of carbonyl (C=O) groups excluding carboxylic acids is 1. The highest BCUT2D eigenvalue weighted by atomic mass is 16.1. The lowest BCUT2D eigenvalue weighted by atomic mass is 10.2. The molecule has 21 heavy (non-hydrogen) atoms. The molecule has 0 fully saturated rings. The van der Waals surface area contributed by atoms with Gasteiger partial charge in [0.2, 0.25) is 0 Å². The van der Waals surface area contributed by atoms with Crippen LogP contribution in [-0.4, -0.2) is 47.5 Å². The molecule has 1 amide bonds. The van der Waals surface area contributed by atoms with Crippen LogP contribution in [0.5, 0.6) is 0 Å². The molecule has 5 nitrogen and oxygen atoms in total. The van der Waals surface area contributed by atoms with Crippen LogP contribution in [0.2, 0.25) is 0 Å². The molecule has 1 aromatic heterocycles. The third kappa shape index (κ3) is 5.71. The Labute approximate surface area is 128 Å². The number of aromatic nitrogens is 1. The summed E-state index contributed by atoms with van der Waals surface area (Å²) in [5, 5.41) is 6.12. The van der Waals surface area contributed by atoms with Gasteiger partial charge in [0.25, 0.3) is 5.91 Å². The number of amides is 1. The normalized spacial score (nSPS) is 11.2. The van der Waals surface area contributed by atoms with Crippen LogP contribution in [0.1, 0.15) is 45.1 Å². The number of hydrogen-bond acceptors (Lipinski definition) is 4. The number of nitrogens with zero attached hydrogens (tertiary/aromatic N) is 2. The van der Waals surface area contributed by atoms with Crippen LogP contribution in [-0.2, 0) is 0 Å². The Hall–Kier alpha value is -1.62. The minimum atomic E-state index is -0.132. The molecule has 0 spiro atoms. The predicted molar refractivity (Wildman–Crippen MR) is 87.7 cm³/mol. The summed E-state index contributed by atoms with van der Waals surface area (Å²) in [6.45, 7) is 13.1. The van der Waals surface area contributed by atoms with Gasteiger partial charge < -0.3 is 10.6 Å². The fourth-order valence-electron chi connectivity index (χ4n) is 2.36. The second-order valence-electron chi connectivity index (χ2n) is 5.64. The molecular formula is C16H28N4O. The van der Waals surface area contributed by atoms with Gasteiger partial charge in [-0.2, -0.15) is 0 Å². The van der Waals surface area contributed by atoms with Gasteiger partial charge in [-0.1, -0.05) is 0 Å². The number of rotatable bonds is 8. The molecular weight excluding hydrogens is 264 g/mol. The van der Waals surface area contributed by atoms with Crippen molar-refractivity contribution in [3.8, 4) is 0 Å². The smallest absolute Gasteiger partial charge is 0.269 e. The Morgan fingerprint density at radius 1 is 1.29 bits per heavy atom. The van der Waals surface area contributed by atoms with E-state index >= 15 is 0 Å². The van der Waals surface area contributed by atoms with Gasteiger partial charge in [-0.25, -0.2) is 0 Å². The van der Waals surface area contributed by atoms with Crippen LogP contribution in [0.25, 0.3) is 0 Å². The molecule has 0 aromatic carbocycles. The van der Waals surface area contributed by atoms with Crippen LogP contribution in [0.4, 0.5) is 5.69 Å². The van der Waals surface area contributed by atoms with E-state index in [0.717, 1.165) is 18.8 Å². The van der Waals surface area contributed by atoms with Gasteiger partial charge in [-0.3, -0.25) is 14.7 Å². The molecule has 0 bridgehead atoms. The van der Waals surface area contributed by atoms with Crippen molar-refractivity contribution in [3.05, 3.63) is 24.0 Å². The van der Waals surface area contributed by atoms with E-state index in [1.165, 1.54) is 0 Å². The molecule has 0 saturated heterocycles. The van der Waals surface area contributed by atoms with Gasteiger partial charge in [-0.15, -0.1) is 0 Å². The second kappa shape index (κ2) is 8.62. The first-order valence-electron chi connectivity index (χ1n) is 7.69. The first-order chi connectivity index (χ1) is 9.95. The highest BCUT2D eigenvalue weighted by Crippen LogP contribution is 2.09. The number of hydrogen-bond donors (Lipinski definition) is 2. The van der Waals surface area contributed by atoms with Crippen LogP contribution < -0.4 is 10.6 Å². The SMILES string of the molecule is CCNC(=O)c1cc(NCCN(C(C)C)C(C)C)ccn1. The lowest BCUT2D eigenvalue weighted by Gasteiger charge is -2.30. The van der Waals surface area contributed by atoms with Gasteiger partial charge in [0.15, 0.2) is 0 Å². The van der Waals surface area contributed by atoms with Crippen molar-refractivity contribution in [2.24, 2.45) is 0 Å². The topological polar surface area (TPSA) is 57.3 Å². The first kappa shape index (κ1) is 17.4. The molecule has 2 N–H and O–H groups in total. The average molecular weight is 292 g/mol. The molecule has 1 aromatic rings. The van der Waals surface area contributed by atoms with E-state index in [0.29, 0.717) is 24.3 Å². The highest BCUT2D eigenvalue weighted by molar-refractivity contribution is 5.93. The van der Waals surface area contributed by atoms with Gasteiger partial charge in [0.1, 0.15) is 5.69 Å². The van der Waals surface area contributed by atoms with Crippen molar-refractivity contribution in [3.63, 3.8) is 0 Å². The van der Waals surface area contributed by atoms with Gasteiger partial charge in [0, 0.05) is 43.6 Å². The third-order valence-corrected chi connectivity index (χ3v) is 3.36. The standard InChI is InChI=1S/C16H28N4O/c1-6-17-16(21)15-11-14(7-8-19-15)18-9-10-20(12(2)3)13(4)5/h7-8,11-13H,6,9-10H2,1-5H3,(H,17,21)(H,18,19). The fraction of sp³-hybridized carbons (Fsp3) is 0.625. The van der Waals surface area contributed by atoms with Crippen molar-refractivity contribution in [1.29, 1.82) is 0 Å². The van der Waals surface area contributed by atoms with E-state index in [4.69, 9.17) is 0 Å². The van der Waals surface area contributed by atoms with E-state index in [9.17, 15) is 4.79 Å². The van der Waals surface area contributed by atoms with Crippen molar-refractivity contribution in [1.82, 2.24) is 15.2 Å². The highest BCUT2D eigenvalue weighted by Gasteiger charge is 2.12. The summed E-state index contributed by atoms with van der Waals surface area (Å²) in [5.41, 5.74) is 1.38. The minimum Gasteiger partial charge on any atom is -0.384 e. The fourth-order valence-corrected chi connectivity index (χ4v) is 2.36. The molecule has 118 valence electrons. The summed E-state index contributed by atoms with van der Waals surface area (Å²) in [7, 11) is 0. The Bertz CT molecular complexity index is 438. The zero-order valence-corrected chi connectivity index (χ0v) is 13.8. The van der Waals surface area contributed by atoms with Gasteiger partial charge in [0.05, 0.1) is 0 Å². The van der Waals surface area contributed by atoms with Crippen LogP contribution >= 0.6 is 0 Å². The lowest BCUT2D eigenvalue weighted by molar-refractivity contribution is 0.0951. The van der Waals surface area contributed by atoms with E-state index < -0.39 is 0 Å². The Kier molecular flexibility index (Phi) is 7.15. The molecule has 0 aliphatic heterocycles. The zero-order valence-electron chi connectivity index (χ0n) is 13.8. The summed E-state index contributed by atoms with van der Waals surface area (Å²) >= 11 is 0. The largest absolute Gasteiger partial charge is 0.384 e. The number of nitrogens with one attached hydrogen (secondary N) is 2. The van der Waals surface area contributed by atoms with E-state index in [1.807, 2.05) is 13.0 Å². The Morgan fingerprint density at radius 3 is 2.52 bits per heavy atom. The molecule has 1 rings (SSSR count). The molecule has 0 radical (unpaired) electrons. The number of pyridine rings is 1. The second-order valence-corrected chi connectivity index (χ2v) is 5.64. The molecule has 0 aliphatic carbocycles. The monoisotopic (exact) mass is 292 g/mol. The van der Waals surface area contributed by atoms with Crippen molar-refractivity contribution < 1.29 is 4.79 Å². The maximum absolute atomic E-state index is 11.7. The molecule has 0 unspecified atom stereocenters. The quantitative estimate of drug-likeness (QED) is 0.772. The first-order valence-corrected chi connectivity index (χ1v) is 7.69. The van der Waals surface area contributed by atoms with E-state index in [1.54, 1.807) is 12.3 Å². The summed E-state index contributed by atoms with van der Waals surface area (Å²) in [6.07, 6.45) is 1.66. The maximum Gasteiger partial charge on any atom is 0.269 e. The van der Waals surface area contributed by atoms with E-state index in [2.05, 4.69) is 48.2 Å². The molecule has 0 aliphatic rings. The van der Waals surface area contributed by atoms with Crippen molar-refractivity contribution in [2.75, 3.05) is 25.0 Å². The summed E-state index contributed by atoms with van der Waals surface area (Å²) in [5.74, 6) is -0.132. The summed E-state index contributed by atoms with van der Waals surface area (Å²) in [4.78, 5) is 18.3. The van der Waals surface area contributed by atoms with Crippen LogP contribution in [0.3, 0.4) is 0 Å². The number of anilines is 1. The summed E-state index contributed by atoms with van der Waals surface area (Å²) in [6, 6.07) is 4.73. The third-order valence-electron chi connectivity index (χ3n) is 3.36. The van der Waals surface area contributed by atoms with Crippen LogP contribution in [0.15, 0.2) is 18.3 Å². The minimum absolute atomic E-state index is 0.132. The molecule has 0 atom stereocenters. The maximum atomic E-state index is 11.7. The molecule has 1 heterocycles. The van der Waals surface area contributed by atoms with Crippen molar-refractivity contribution >= 4 is 11.6 Å².